The molecule has 0 amide bonds. The van der Waals surface area contributed by atoms with Crippen molar-refractivity contribution in [1.29, 1.82) is 0 Å². The van der Waals surface area contributed by atoms with Gasteiger partial charge in [-0.15, -0.1) is 0 Å². The van der Waals surface area contributed by atoms with Gasteiger partial charge in [-0.05, 0) is 31.2 Å². The lowest BCUT2D eigenvalue weighted by molar-refractivity contribution is 0.198. The Bertz CT molecular complexity index is 476. The van der Waals surface area contributed by atoms with Crippen LogP contribution < -0.4 is 0 Å². The first kappa shape index (κ1) is 23.4. The van der Waals surface area contributed by atoms with Crippen LogP contribution in [0.3, 0.4) is 0 Å². The van der Waals surface area contributed by atoms with Crippen molar-refractivity contribution >= 4 is 7.60 Å². The van der Waals surface area contributed by atoms with Gasteiger partial charge in [0.1, 0.15) is 0 Å². The van der Waals surface area contributed by atoms with Crippen molar-refractivity contribution in [3.8, 4) is 0 Å². The van der Waals surface area contributed by atoms with Crippen LogP contribution in [0.5, 0.6) is 0 Å². The minimum absolute atomic E-state index is 0.507. The molecular weight excluding hydrogens is 343 g/mol. The van der Waals surface area contributed by atoms with Crippen molar-refractivity contribution in [2.24, 2.45) is 0 Å². The lowest BCUT2D eigenvalue weighted by atomic mass is 10.1. The third kappa shape index (κ3) is 11.9. The van der Waals surface area contributed by atoms with E-state index < -0.39 is 7.60 Å². The monoisotopic (exact) mass is 382 g/mol. The molecule has 0 saturated heterocycles. The Morgan fingerprint density at radius 3 is 1.96 bits per heavy atom. The molecule has 4 heteroatoms. The molecule has 1 aromatic carbocycles. The summed E-state index contributed by atoms with van der Waals surface area (Å²) in [7, 11) is -2.92. The average Bonchev–Trinajstić information content (AvgIpc) is 2.67. The number of hydrogen-bond donors (Lipinski definition) is 0. The van der Waals surface area contributed by atoms with Crippen molar-refractivity contribution in [2.45, 2.75) is 84.5 Å². The van der Waals surface area contributed by atoms with Crippen LogP contribution in [0.15, 0.2) is 30.3 Å². The third-order valence-corrected chi connectivity index (χ3v) is 6.58. The zero-order valence-corrected chi connectivity index (χ0v) is 17.9. The molecule has 0 heterocycles. The molecule has 3 nitrogen and oxygen atoms in total. The number of benzene rings is 1. The summed E-state index contributed by atoms with van der Waals surface area (Å²) >= 11 is 0. The van der Waals surface area contributed by atoms with Gasteiger partial charge in [0, 0.05) is 0 Å². The predicted octanol–water partition coefficient (Wildman–Crippen LogP) is 7.40. The minimum atomic E-state index is -2.92. The second-order valence-corrected chi connectivity index (χ2v) is 9.25. The van der Waals surface area contributed by atoms with Crippen molar-refractivity contribution in [3.63, 3.8) is 0 Å². The summed E-state index contributed by atoms with van der Waals surface area (Å²) in [6.07, 6.45) is 12.9. The summed E-state index contributed by atoms with van der Waals surface area (Å²) in [5.74, 6) is 0. The normalized spacial score (nSPS) is 13.6. The smallest absolute Gasteiger partial charge is 0.309 e. The lowest BCUT2D eigenvalue weighted by Gasteiger charge is -2.18. The van der Waals surface area contributed by atoms with Gasteiger partial charge in [0.05, 0.1) is 19.4 Å². The fourth-order valence-electron chi connectivity index (χ4n) is 2.91. The summed E-state index contributed by atoms with van der Waals surface area (Å²) in [5.41, 5.74) is 1.29. The number of rotatable bonds is 17. The van der Waals surface area contributed by atoms with Crippen LogP contribution in [-0.2, 0) is 20.0 Å². The molecule has 1 rings (SSSR count). The molecule has 1 aromatic rings. The second-order valence-electron chi connectivity index (χ2n) is 7.06. The van der Waals surface area contributed by atoms with Crippen LogP contribution >= 0.6 is 7.60 Å². The summed E-state index contributed by atoms with van der Waals surface area (Å²) in [4.78, 5) is 0. The average molecular weight is 383 g/mol. The molecule has 0 aliphatic heterocycles. The van der Waals surface area contributed by atoms with Gasteiger partial charge in [-0.2, -0.15) is 0 Å². The largest absolute Gasteiger partial charge is 0.330 e. The summed E-state index contributed by atoms with van der Waals surface area (Å²) in [6, 6.07) is 10.4. The van der Waals surface area contributed by atoms with E-state index in [2.05, 4.69) is 26.0 Å². The van der Waals surface area contributed by atoms with E-state index in [1.807, 2.05) is 18.2 Å². The summed E-state index contributed by atoms with van der Waals surface area (Å²) < 4.78 is 24.4. The topological polar surface area (TPSA) is 35.5 Å². The molecule has 0 spiro atoms. The molecule has 26 heavy (non-hydrogen) atoms. The van der Waals surface area contributed by atoms with Gasteiger partial charge >= 0.3 is 7.60 Å². The highest BCUT2D eigenvalue weighted by atomic mass is 31.2. The fraction of sp³-hybridized carbons (Fsp3) is 0.727. The van der Waals surface area contributed by atoms with Crippen molar-refractivity contribution < 1.29 is 13.6 Å². The van der Waals surface area contributed by atoms with Crippen LogP contribution in [0.1, 0.15) is 83.6 Å². The van der Waals surface area contributed by atoms with Crippen LogP contribution in [0.25, 0.3) is 0 Å². The van der Waals surface area contributed by atoms with Crippen molar-refractivity contribution in [3.05, 3.63) is 35.9 Å². The first-order valence-electron chi connectivity index (χ1n) is 10.6. The minimum Gasteiger partial charge on any atom is -0.309 e. The zero-order chi connectivity index (χ0) is 18.9. The lowest BCUT2D eigenvalue weighted by Crippen LogP contribution is -2.04. The van der Waals surface area contributed by atoms with Gasteiger partial charge in [-0.1, -0.05) is 89.1 Å². The van der Waals surface area contributed by atoms with Crippen LogP contribution in [0.4, 0.5) is 0 Å². The first-order valence-corrected chi connectivity index (χ1v) is 12.3. The van der Waals surface area contributed by atoms with E-state index in [0.29, 0.717) is 19.4 Å². The van der Waals surface area contributed by atoms with Gasteiger partial charge in [0.25, 0.3) is 0 Å². The molecule has 1 atom stereocenters. The molecule has 0 aromatic heterocycles. The molecule has 150 valence electrons. The Hall–Kier alpha value is -0.630. The highest BCUT2D eigenvalue weighted by Gasteiger charge is 2.23. The highest BCUT2D eigenvalue weighted by Crippen LogP contribution is 2.49. The third-order valence-electron chi connectivity index (χ3n) is 4.56. The van der Waals surface area contributed by atoms with E-state index in [1.54, 1.807) is 0 Å². The van der Waals surface area contributed by atoms with Crippen LogP contribution in [-0.4, -0.2) is 19.4 Å². The van der Waals surface area contributed by atoms with Gasteiger partial charge in [-0.3, -0.25) is 4.57 Å². The van der Waals surface area contributed by atoms with Crippen LogP contribution in [0.2, 0.25) is 0 Å². The number of unbranched alkanes of at least 4 members (excludes halogenated alkanes) is 7. The molecule has 0 fully saturated rings. The van der Waals surface area contributed by atoms with Gasteiger partial charge in [0.2, 0.25) is 0 Å². The fourth-order valence-corrected chi connectivity index (χ4v) is 4.76. The maximum absolute atomic E-state index is 12.9. The maximum atomic E-state index is 12.9. The van der Waals surface area contributed by atoms with Crippen molar-refractivity contribution in [2.75, 3.05) is 19.4 Å². The van der Waals surface area contributed by atoms with Crippen molar-refractivity contribution in [1.82, 2.24) is 0 Å². The number of aryl methyl sites for hydroxylation is 1. The summed E-state index contributed by atoms with van der Waals surface area (Å²) in [6.45, 7) is 5.41. The Morgan fingerprint density at radius 2 is 1.31 bits per heavy atom. The molecular formula is C22H39O3P. The molecule has 0 bridgehead atoms. The molecule has 1 unspecified atom stereocenters. The Balaban J connectivity index is 2.21. The zero-order valence-electron chi connectivity index (χ0n) is 17.0. The van der Waals surface area contributed by atoms with E-state index in [0.717, 1.165) is 38.5 Å². The van der Waals surface area contributed by atoms with Gasteiger partial charge in [-0.25, -0.2) is 0 Å². The SMILES string of the molecule is CCCCCCCCCOP(=O)(CCCC)OCCCc1ccccc1. The Morgan fingerprint density at radius 1 is 0.731 bits per heavy atom. The first-order chi connectivity index (χ1) is 12.7. The number of hydrogen-bond acceptors (Lipinski definition) is 3. The van der Waals surface area contributed by atoms with E-state index in [-0.39, 0.29) is 0 Å². The summed E-state index contributed by atoms with van der Waals surface area (Å²) in [5, 5.41) is 0. The van der Waals surface area contributed by atoms with E-state index in [1.165, 1.54) is 37.7 Å². The standard InChI is InChI=1S/C22H39O3P/c1-3-5-7-8-9-10-14-19-24-26(23,21-6-4-2)25-20-15-18-22-16-12-11-13-17-22/h11-13,16-17H,3-10,14-15,18-21H2,1-2H3. The van der Waals surface area contributed by atoms with Gasteiger partial charge < -0.3 is 9.05 Å². The predicted molar refractivity (Wildman–Crippen MR) is 112 cm³/mol. The molecule has 0 N–H and O–H groups in total. The molecule has 0 aliphatic carbocycles. The van der Waals surface area contributed by atoms with Gasteiger partial charge in [0.15, 0.2) is 0 Å². The quantitative estimate of drug-likeness (QED) is 0.208. The van der Waals surface area contributed by atoms with Crippen LogP contribution in [0, 0.1) is 0 Å². The Kier molecular flexibility index (Phi) is 13.9. The maximum Gasteiger partial charge on any atom is 0.330 e. The van der Waals surface area contributed by atoms with E-state index >= 15 is 0 Å². The molecule has 0 radical (unpaired) electrons. The second kappa shape index (κ2) is 15.4. The molecule has 0 saturated carbocycles. The Labute approximate surface area is 161 Å². The molecule has 0 aliphatic rings. The van der Waals surface area contributed by atoms with E-state index in [9.17, 15) is 4.57 Å². The van der Waals surface area contributed by atoms with E-state index in [4.69, 9.17) is 9.05 Å². The highest BCUT2D eigenvalue weighted by molar-refractivity contribution is 7.53.